The van der Waals surface area contributed by atoms with Crippen molar-refractivity contribution in [1.82, 2.24) is 0 Å². The van der Waals surface area contributed by atoms with E-state index in [9.17, 15) is 19.8 Å². The Morgan fingerprint density at radius 1 is 1.25 bits per heavy atom. The minimum Gasteiger partial charge on any atom is -0.477 e. The van der Waals surface area contributed by atoms with Crippen LogP contribution in [0.3, 0.4) is 0 Å². The van der Waals surface area contributed by atoms with Gasteiger partial charge in [-0.05, 0) is 36.7 Å². The molecule has 0 aromatic heterocycles. The molecule has 0 saturated carbocycles. The van der Waals surface area contributed by atoms with Crippen molar-refractivity contribution in [3.05, 3.63) is 34.9 Å². The number of rotatable bonds is 2. The van der Waals surface area contributed by atoms with Gasteiger partial charge in [0.2, 0.25) is 0 Å². The fourth-order valence-electron chi connectivity index (χ4n) is 3.34. The van der Waals surface area contributed by atoms with Gasteiger partial charge in [0.1, 0.15) is 5.57 Å². The Kier molecular flexibility index (Phi) is 3.59. The van der Waals surface area contributed by atoms with Crippen LogP contribution in [0.15, 0.2) is 34.9 Å². The summed E-state index contributed by atoms with van der Waals surface area (Å²) in [6, 6.07) is 0. The van der Waals surface area contributed by atoms with E-state index in [0.29, 0.717) is 5.57 Å². The quantitative estimate of drug-likeness (QED) is 0.352. The van der Waals surface area contributed by atoms with Crippen LogP contribution in [-0.4, -0.2) is 22.2 Å². The largest absolute Gasteiger partial charge is 0.477 e. The number of carboxylic acids is 2. The van der Waals surface area contributed by atoms with Crippen LogP contribution in [0.5, 0.6) is 0 Å². The molecule has 2 rings (SSSR count). The molecule has 2 atom stereocenters. The summed E-state index contributed by atoms with van der Waals surface area (Å²) in [5, 5.41) is 18.4. The molecule has 0 heterocycles. The lowest BCUT2D eigenvalue weighted by Gasteiger charge is -2.43. The van der Waals surface area contributed by atoms with Gasteiger partial charge in [0.05, 0.1) is 0 Å². The zero-order chi connectivity index (χ0) is 15.1. The van der Waals surface area contributed by atoms with Gasteiger partial charge in [-0.2, -0.15) is 0 Å². The smallest absolute Gasteiger partial charge is 0.343 e. The molecule has 108 valence electrons. The van der Waals surface area contributed by atoms with Crippen LogP contribution in [0, 0.1) is 17.3 Å². The molecule has 0 aromatic carbocycles. The summed E-state index contributed by atoms with van der Waals surface area (Å²) < 4.78 is 0. The molecule has 0 aromatic rings. The number of allylic oxidation sites excluding steroid dienone is 5. The summed E-state index contributed by atoms with van der Waals surface area (Å²) >= 11 is 0. The molecule has 0 saturated heterocycles. The zero-order valence-electron chi connectivity index (χ0n) is 12.0. The predicted octanol–water partition coefficient (Wildman–Crippen LogP) is 3.02. The van der Waals surface area contributed by atoms with Gasteiger partial charge in [-0.15, -0.1) is 0 Å². The molecule has 0 radical (unpaired) electrons. The van der Waals surface area contributed by atoms with Crippen molar-refractivity contribution in [2.75, 3.05) is 0 Å². The Labute approximate surface area is 118 Å². The minimum absolute atomic E-state index is 0.0481. The van der Waals surface area contributed by atoms with E-state index in [1.54, 1.807) is 6.08 Å². The van der Waals surface area contributed by atoms with Crippen molar-refractivity contribution in [2.24, 2.45) is 17.3 Å². The highest BCUT2D eigenvalue weighted by Crippen LogP contribution is 2.49. The maximum absolute atomic E-state index is 11.3. The molecule has 0 aliphatic heterocycles. The molecule has 4 nitrogen and oxygen atoms in total. The summed E-state index contributed by atoms with van der Waals surface area (Å²) in [4.78, 5) is 22.5. The van der Waals surface area contributed by atoms with E-state index in [-0.39, 0.29) is 17.3 Å². The molecular formula is C16H20O4. The average Bonchev–Trinajstić information content (AvgIpc) is 2.31. The first-order chi connectivity index (χ1) is 9.24. The van der Waals surface area contributed by atoms with E-state index < -0.39 is 17.5 Å². The summed E-state index contributed by atoms with van der Waals surface area (Å²) in [6.45, 7) is 6.25. The number of hydrogen-bond donors (Lipinski definition) is 2. The Hall–Kier alpha value is -1.84. The molecule has 2 aliphatic carbocycles. The highest BCUT2D eigenvalue weighted by atomic mass is 16.4. The Morgan fingerprint density at radius 3 is 2.40 bits per heavy atom. The first kappa shape index (κ1) is 14.6. The second kappa shape index (κ2) is 4.93. The van der Waals surface area contributed by atoms with Crippen LogP contribution in [0.2, 0.25) is 0 Å². The van der Waals surface area contributed by atoms with Crippen LogP contribution in [0.25, 0.3) is 0 Å². The lowest BCUT2D eigenvalue weighted by molar-refractivity contribution is -0.140. The molecule has 0 amide bonds. The molecule has 2 aliphatic rings. The van der Waals surface area contributed by atoms with Gasteiger partial charge in [-0.1, -0.05) is 37.6 Å². The third-order valence-corrected chi connectivity index (χ3v) is 4.47. The standard InChI is InChI=1S/C16H20O4/c1-9-4-5-12-11(8-9)10(6-7-16(12,2)3)13(14(17)18)15(19)20/h6-8,11-12H,4-5H2,1-3H3,(H,17,18)(H,19,20). The molecular weight excluding hydrogens is 256 g/mol. The van der Waals surface area contributed by atoms with Gasteiger partial charge >= 0.3 is 11.9 Å². The van der Waals surface area contributed by atoms with Gasteiger partial charge < -0.3 is 10.2 Å². The minimum atomic E-state index is -1.37. The molecule has 0 bridgehead atoms. The summed E-state index contributed by atoms with van der Waals surface area (Å²) in [5.41, 5.74) is 1.07. The van der Waals surface area contributed by atoms with E-state index >= 15 is 0 Å². The van der Waals surface area contributed by atoms with Crippen molar-refractivity contribution < 1.29 is 19.8 Å². The van der Waals surface area contributed by atoms with Crippen molar-refractivity contribution in [3.63, 3.8) is 0 Å². The lowest BCUT2D eigenvalue weighted by Crippen LogP contribution is -2.36. The van der Waals surface area contributed by atoms with E-state index in [4.69, 9.17) is 0 Å². The molecule has 0 fully saturated rings. The average molecular weight is 276 g/mol. The monoisotopic (exact) mass is 276 g/mol. The Balaban J connectivity index is 2.64. The zero-order valence-corrected chi connectivity index (χ0v) is 12.0. The summed E-state index contributed by atoms with van der Waals surface area (Å²) in [5.74, 6) is -2.61. The first-order valence-corrected chi connectivity index (χ1v) is 6.81. The summed E-state index contributed by atoms with van der Waals surface area (Å²) in [7, 11) is 0. The molecule has 20 heavy (non-hydrogen) atoms. The molecule has 0 spiro atoms. The van der Waals surface area contributed by atoms with E-state index in [2.05, 4.69) is 13.8 Å². The number of hydrogen-bond acceptors (Lipinski definition) is 2. The van der Waals surface area contributed by atoms with Crippen LogP contribution in [0.1, 0.15) is 33.6 Å². The van der Waals surface area contributed by atoms with Gasteiger partial charge in [0, 0.05) is 5.92 Å². The number of fused-ring (bicyclic) bond motifs is 1. The topological polar surface area (TPSA) is 74.6 Å². The van der Waals surface area contributed by atoms with E-state index in [1.165, 1.54) is 5.57 Å². The molecule has 4 heteroatoms. The van der Waals surface area contributed by atoms with Crippen LogP contribution in [-0.2, 0) is 9.59 Å². The lowest BCUT2D eigenvalue weighted by atomic mass is 9.61. The SMILES string of the molecule is CC1=CC2C(=C(C(=O)O)C(=O)O)C=CC(C)(C)C2CC1. The van der Waals surface area contributed by atoms with Crippen molar-refractivity contribution in [2.45, 2.75) is 33.6 Å². The van der Waals surface area contributed by atoms with E-state index in [1.807, 2.05) is 19.1 Å². The van der Waals surface area contributed by atoms with E-state index in [0.717, 1.165) is 12.8 Å². The number of aliphatic carboxylic acids is 2. The maximum Gasteiger partial charge on any atom is 0.343 e. The maximum atomic E-state index is 11.3. The van der Waals surface area contributed by atoms with Gasteiger partial charge in [0.25, 0.3) is 0 Å². The predicted molar refractivity (Wildman–Crippen MR) is 75.2 cm³/mol. The van der Waals surface area contributed by atoms with Crippen molar-refractivity contribution in [1.29, 1.82) is 0 Å². The van der Waals surface area contributed by atoms with Crippen LogP contribution < -0.4 is 0 Å². The first-order valence-electron chi connectivity index (χ1n) is 6.81. The fraction of sp³-hybridized carbons (Fsp3) is 0.500. The molecule has 2 N–H and O–H groups in total. The van der Waals surface area contributed by atoms with Gasteiger partial charge in [-0.25, -0.2) is 9.59 Å². The second-order valence-corrected chi connectivity index (χ2v) is 6.28. The van der Waals surface area contributed by atoms with Gasteiger partial charge in [-0.3, -0.25) is 0 Å². The van der Waals surface area contributed by atoms with Crippen molar-refractivity contribution >= 4 is 11.9 Å². The number of carbonyl (C=O) groups is 2. The third kappa shape index (κ3) is 2.42. The highest BCUT2D eigenvalue weighted by molar-refractivity contribution is 6.13. The van der Waals surface area contributed by atoms with Crippen LogP contribution >= 0.6 is 0 Å². The Bertz CT molecular complexity index is 533. The van der Waals surface area contributed by atoms with Crippen LogP contribution in [0.4, 0.5) is 0 Å². The number of carboxylic acid groups (broad SMARTS) is 2. The fourth-order valence-corrected chi connectivity index (χ4v) is 3.34. The Morgan fingerprint density at radius 2 is 1.85 bits per heavy atom. The normalized spacial score (nSPS) is 27.6. The highest BCUT2D eigenvalue weighted by Gasteiger charge is 2.41. The second-order valence-electron chi connectivity index (χ2n) is 6.28. The van der Waals surface area contributed by atoms with Gasteiger partial charge in [0.15, 0.2) is 0 Å². The van der Waals surface area contributed by atoms with Crippen molar-refractivity contribution in [3.8, 4) is 0 Å². The molecule has 2 unspecified atom stereocenters. The third-order valence-electron chi connectivity index (χ3n) is 4.47. The summed E-state index contributed by atoms with van der Waals surface area (Å²) in [6.07, 6.45) is 7.62.